The molecule has 1 aliphatic rings. The van der Waals surface area contributed by atoms with Crippen LogP contribution in [-0.2, 0) is 6.42 Å². The standard InChI is InChI=1S/C24H23ClN4O2/c25-17-5-8-21-20(15-17)19-9-12-29(24-26-10-1-11-27-24)23(22(19)28-21)16-3-6-18(7-4-16)31-14-2-13-30/h1,3-8,10-11,15,23,28,30H,2,9,12-14H2/t23-/m0/s1. The van der Waals surface area contributed by atoms with Crippen LogP contribution in [0, 0.1) is 0 Å². The number of aliphatic hydroxyl groups is 1. The molecule has 158 valence electrons. The highest BCUT2D eigenvalue weighted by molar-refractivity contribution is 6.31. The van der Waals surface area contributed by atoms with E-state index in [1.807, 2.05) is 36.4 Å². The van der Waals surface area contributed by atoms with Gasteiger partial charge in [0.05, 0.1) is 12.6 Å². The molecule has 4 aromatic rings. The Bertz CT molecular complexity index is 1180. The molecule has 3 heterocycles. The van der Waals surface area contributed by atoms with Crippen LogP contribution in [0.25, 0.3) is 10.9 Å². The summed E-state index contributed by atoms with van der Waals surface area (Å²) >= 11 is 6.29. The molecule has 0 unspecified atom stereocenters. The second-order valence-electron chi connectivity index (χ2n) is 7.60. The van der Waals surface area contributed by atoms with Gasteiger partial charge in [-0.05, 0) is 53.9 Å². The Morgan fingerprint density at radius 3 is 2.71 bits per heavy atom. The third kappa shape index (κ3) is 3.84. The van der Waals surface area contributed by atoms with Crippen LogP contribution < -0.4 is 9.64 Å². The van der Waals surface area contributed by atoms with Crippen LogP contribution in [0.15, 0.2) is 60.9 Å². The smallest absolute Gasteiger partial charge is 0.226 e. The molecule has 0 bridgehead atoms. The Labute approximate surface area is 185 Å². The lowest BCUT2D eigenvalue weighted by Gasteiger charge is -2.36. The fourth-order valence-corrected chi connectivity index (χ4v) is 4.44. The van der Waals surface area contributed by atoms with Crippen molar-refractivity contribution in [2.75, 3.05) is 24.7 Å². The zero-order valence-electron chi connectivity index (χ0n) is 17.0. The van der Waals surface area contributed by atoms with Crippen molar-refractivity contribution in [1.29, 1.82) is 0 Å². The maximum Gasteiger partial charge on any atom is 0.226 e. The van der Waals surface area contributed by atoms with Gasteiger partial charge >= 0.3 is 0 Å². The minimum Gasteiger partial charge on any atom is -0.494 e. The average molecular weight is 435 g/mol. The van der Waals surface area contributed by atoms with Gasteiger partial charge in [0.15, 0.2) is 0 Å². The summed E-state index contributed by atoms with van der Waals surface area (Å²) < 4.78 is 5.71. The molecule has 2 aromatic heterocycles. The molecule has 31 heavy (non-hydrogen) atoms. The molecule has 6 nitrogen and oxygen atoms in total. The number of aromatic nitrogens is 3. The number of nitrogens with one attached hydrogen (secondary N) is 1. The molecule has 7 heteroatoms. The molecule has 0 radical (unpaired) electrons. The number of benzene rings is 2. The van der Waals surface area contributed by atoms with Crippen molar-refractivity contribution in [1.82, 2.24) is 15.0 Å². The lowest BCUT2D eigenvalue weighted by atomic mass is 9.92. The van der Waals surface area contributed by atoms with Crippen LogP contribution in [0.5, 0.6) is 5.75 Å². The molecular weight excluding hydrogens is 412 g/mol. The highest BCUT2D eigenvalue weighted by atomic mass is 35.5. The molecule has 0 fully saturated rings. The number of aromatic amines is 1. The van der Waals surface area contributed by atoms with Gasteiger partial charge in [0.25, 0.3) is 0 Å². The fourth-order valence-electron chi connectivity index (χ4n) is 4.26. The first-order valence-electron chi connectivity index (χ1n) is 10.4. The monoisotopic (exact) mass is 434 g/mol. The van der Waals surface area contributed by atoms with Crippen LogP contribution in [0.2, 0.25) is 5.02 Å². The molecule has 0 amide bonds. The van der Waals surface area contributed by atoms with Gasteiger partial charge in [-0.2, -0.15) is 0 Å². The zero-order valence-corrected chi connectivity index (χ0v) is 17.7. The summed E-state index contributed by atoms with van der Waals surface area (Å²) in [4.78, 5) is 14.9. The normalized spacial score (nSPS) is 15.8. The van der Waals surface area contributed by atoms with Crippen molar-refractivity contribution in [2.45, 2.75) is 18.9 Å². The van der Waals surface area contributed by atoms with E-state index in [9.17, 15) is 0 Å². The van der Waals surface area contributed by atoms with E-state index in [1.54, 1.807) is 12.4 Å². The number of nitrogens with zero attached hydrogens (tertiary/aromatic N) is 3. The fraction of sp³-hybridized carbons (Fsp3) is 0.250. The maximum absolute atomic E-state index is 8.96. The Balaban J connectivity index is 1.57. The van der Waals surface area contributed by atoms with E-state index < -0.39 is 0 Å². The number of ether oxygens (including phenoxy) is 1. The highest BCUT2D eigenvalue weighted by Crippen LogP contribution is 2.40. The van der Waals surface area contributed by atoms with Gasteiger partial charge in [0.2, 0.25) is 5.95 Å². The van der Waals surface area contributed by atoms with Gasteiger partial charge in [-0.25, -0.2) is 9.97 Å². The van der Waals surface area contributed by atoms with E-state index in [0.717, 1.165) is 40.5 Å². The second-order valence-corrected chi connectivity index (χ2v) is 8.03. The van der Waals surface area contributed by atoms with E-state index in [2.05, 4.69) is 32.0 Å². The van der Waals surface area contributed by atoms with Gasteiger partial charge in [0, 0.05) is 53.6 Å². The topological polar surface area (TPSA) is 74.3 Å². The van der Waals surface area contributed by atoms with Crippen molar-refractivity contribution < 1.29 is 9.84 Å². The number of anilines is 1. The molecule has 1 aliphatic heterocycles. The Morgan fingerprint density at radius 2 is 1.94 bits per heavy atom. The second kappa shape index (κ2) is 8.57. The third-order valence-electron chi connectivity index (χ3n) is 5.67. The Kier molecular flexibility index (Phi) is 5.49. The van der Waals surface area contributed by atoms with Crippen LogP contribution in [0.4, 0.5) is 5.95 Å². The lowest BCUT2D eigenvalue weighted by molar-refractivity contribution is 0.233. The number of aliphatic hydroxyl groups excluding tert-OH is 1. The van der Waals surface area contributed by atoms with E-state index in [0.29, 0.717) is 19.0 Å². The summed E-state index contributed by atoms with van der Waals surface area (Å²) in [5.41, 5.74) is 4.64. The summed E-state index contributed by atoms with van der Waals surface area (Å²) in [5, 5.41) is 10.9. The minimum absolute atomic E-state index is 0.0520. The molecule has 0 spiro atoms. The zero-order chi connectivity index (χ0) is 21.2. The molecule has 0 saturated heterocycles. The number of fused-ring (bicyclic) bond motifs is 3. The Hall–Kier alpha value is -3.09. The van der Waals surface area contributed by atoms with Crippen molar-refractivity contribution >= 4 is 28.5 Å². The van der Waals surface area contributed by atoms with Crippen LogP contribution >= 0.6 is 11.6 Å². The first-order valence-corrected chi connectivity index (χ1v) is 10.8. The van der Waals surface area contributed by atoms with Crippen molar-refractivity contribution in [3.05, 3.63) is 82.8 Å². The summed E-state index contributed by atoms with van der Waals surface area (Å²) in [6.07, 6.45) is 5.05. The van der Waals surface area contributed by atoms with Crippen molar-refractivity contribution in [3.8, 4) is 5.75 Å². The predicted octanol–water partition coefficient (Wildman–Crippen LogP) is 4.52. The predicted molar refractivity (Wildman–Crippen MR) is 122 cm³/mol. The third-order valence-corrected chi connectivity index (χ3v) is 5.90. The minimum atomic E-state index is -0.0520. The molecule has 2 N–H and O–H groups in total. The number of H-pyrrole nitrogens is 1. The Morgan fingerprint density at radius 1 is 1.13 bits per heavy atom. The largest absolute Gasteiger partial charge is 0.494 e. The van der Waals surface area contributed by atoms with Crippen LogP contribution in [0.1, 0.15) is 29.3 Å². The van der Waals surface area contributed by atoms with Gasteiger partial charge in [-0.3, -0.25) is 0 Å². The van der Waals surface area contributed by atoms with E-state index in [4.69, 9.17) is 21.4 Å². The summed E-state index contributed by atoms with van der Waals surface area (Å²) in [6, 6.07) is 15.9. The summed E-state index contributed by atoms with van der Waals surface area (Å²) in [7, 11) is 0. The molecule has 1 atom stereocenters. The van der Waals surface area contributed by atoms with E-state index in [-0.39, 0.29) is 12.6 Å². The van der Waals surface area contributed by atoms with Crippen molar-refractivity contribution in [2.24, 2.45) is 0 Å². The van der Waals surface area contributed by atoms with Crippen LogP contribution in [-0.4, -0.2) is 39.8 Å². The number of halogens is 1. The lowest BCUT2D eigenvalue weighted by Crippen LogP contribution is -2.37. The molecule has 2 aromatic carbocycles. The molecule has 0 aliphatic carbocycles. The molecular formula is C24H23ClN4O2. The maximum atomic E-state index is 8.96. The first-order chi connectivity index (χ1) is 15.2. The number of rotatable bonds is 6. The van der Waals surface area contributed by atoms with Gasteiger partial charge in [0.1, 0.15) is 5.75 Å². The quantitative estimate of drug-likeness (QED) is 0.436. The molecule has 0 saturated carbocycles. The van der Waals surface area contributed by atoms with Crippen molar-refractivity contribution in [3.63, 3.8) is 0 Å². The number of hydrogen-bond acceptors (Lipinski definition) is 5. The SMILES string of the molecule is OCCCOc1ccc([C@H]2c3[nH]c4ccc(Cl)cc4c3CCN2c2ncccn2)cc1. The van der Waals surface area contributed by atoms with Gasteiger partial charge < -0.3 is 19.7 Å². The van der Waals surface area contributed by atoms with Gasteiger partial charge in [-0.1, -0.05) is 23.7 Å². The number of hydrogen-bond donors (Lipinski definition) is 2. The van der Waals surface area contributed by atoms with E-state index >= 15 is 0 Å². The average Bonchev–Trinajstić information content (AvgIpc) is 3.17. The van der Waals surface area contributed by atoms with E-state index in [1.165, 1.54) is 10.9 Å². The highest BCUT2D eigenvalue weighted by Gasteiger charge is 2.33. The van der Waals surface area contributed by atoms with Crippen LogP contribution in [0.3, 0.4) is 0 Å². The van der Waals surface area contributed by atoms with Gasteiger partial charge in [-0.15, -0.1) is 0 Å². The summed E-state index contributed by atoms with van der Waals surface area (Å²) in [5.74, 6) is 1.50. The first kappa shape index (κ1) is 19.8. The molecule has 5 rings (SSSR count). The summed E-state index contributed by atoms with van der Waals surface area (Å²) in [6.45, 7) is 1.42.